The Bertz CT molecular complexity index is 555. The summed E-state index contributed by atoms with van der Waals surface area (Å²) in [6.45, 7) is 2.28. The minimum atomic E-state index is -0.915. The summed E-state index contributed by atoms with van der Waals surface area (Å²) in [4.78, 5) is 34.0. The molecule has 0 radical (unpaired) electrons. The van der Waals surface area contributed by atoms with Crippen LogP contribution in [0.25, 0.3) is 0 Å². The normalized spacial score (nSPS) is 11.9. The van der Waals surface area contributed by atoms with Gasteiger partial charge in [0.2, 0.25) is 0 Å². The highest BCUT2D eigenvalue weighted by Crippen LogP contribution is 1.99. The van der Waals surface area contributed by atoms with Crippen molar-refractivity contribution in [2.24, 2.45) is 0 Å². The summed E-state index contributed by atoms with van der Waals surface area (Å²) in [5.74, 6) is -1.36. The highest BCUT2D eigenvalue weighted by atomic mass is 16.5. The fourth-order valence-corrected chi connectivity index (χ4v) is 1.62. The van der Waals surface area contributed by atoms with Gasteiger partial charge in [-0.1, -0.05) is 0 Å². The van der Waals surface area contributed by atoms with Crippen LogP contribution in [0.5, 0.6) is 0 Å². The number of amides is 1. The lowest BCUT2D eigenvalue weighted by atomic mass is 10.2. The molecule has 0 aromatic carbocycles. The molecule has 1 amide bonds. The Kier molecular flexibility index (Phi) is 6.54. The monoisotopic (exact) mass is 297 g/mol. The maximum absolute atomic E-state index is 12.0. The third-order valence-electron chi connectivity index (χ3n) is 2.78. The number of carboxylic acids is 1. The Morgan fingerprint density at radius 1 is 1.48 bits per heavy atom. The number of nitrogens with one attached hydrogen (secondary N) is 1. The molecule has 1 rings (SSSR count). The van der Waals surface area contributed by atoms with Gasteiger partial charge in [-0.2, -0.15) is 5.10 Å². The van der Waals surface area contributed by atoms with Crippen LogP contribution in [0, 0.1) is 0 Å². The van der Waals surface area contributed by atoms with Crippen LogP contribution in [0.3, 0.4) is 0 Å². The number of carbonyl (C=O) groups excluding carboxylic acids is 1. The lowest BCUT2D eigenvalue weighted by molar-refractivity contribution is -0.137. The summed E-state index contributed by atoms with van der Waals surface area (Å²) in [5.41, 5.74) is -0.213. The fraction of sp³-hybridized carbons (Fsp3) is 0.538. The molecule has 0 aliphatic carbocycles. The lowest BCUT2D eigenvalue weighted by Crippen LogP contribution is -2.35. The van der Waals surface area contributed by atoms with E-state index in [0.717, 1.165) is 4.68 Å². The van der Waals surface area contributed by atoms with Crippen LogP contribution in [-0.2, 0) is 16.1 Å². The first-order valence-corrected chi connectivity index (χ1v) is 6.53. The molecule has 21 heavy (non-hydrogen) atoms. The van der Waals surface area contributed by atoms with Gasteiger partial charge in [0.25, 0.3) is 11.5 Å². The number of nitrogens with zero attached hydrogens (tertiary/aromatic N) is 2. The Hall–Kier alpha value is -2.22. The number of aliphatic carboxylic acids is 1. The number of carboxylic acid groups (broad SMARTS) is 1. The molecule has 116 valence electrons. The number of carbonyl (C=O) groups is 2. The molecule has 8 nitrogen and oxygen atoms in total. The molecule has 8 heteroatoms. The van der Waals surface area contributed by atoms with E-state index in [1.807, 2.05) is 0 Å². The van der Waals surface area contributed by atoms with Crippen molar-refractivity contribution in [2.45, 2.75) is 32.4 Å². The van der Waals surface area contributed by atoms with Gasteiger partial charge in [-0.25, -0.2) is 4.68 Å². The van der Waals surface area contributed by atoms with Gasteiger partial charge in [-0.05, 0) is 19.4 Å². The molecule has 1 atom stereocenters. The number of aromatic nitrogens is 2. The number of methoxy groups -OCH3 is 1. The first-order chi connectivity index (χ1) is 9.93. The molecule has 0 spiro atoms. The first kappa shape index (κ1) is 16.8. The van der Waals surface area contributed by atoms with Gasteiger partial charge in [0.15, 0.2) is 0 Å². The predicted molar refractivity (Wildman–Crippen MR) is 74.2 cm³/mol. The van der Waals surface area contributed by atoms with Crippen LogP contribution >= 0.6 is 0 Å². The second kappa shape index (κ2) is 8.15. The van der Waals surface area contributed by atoms with Gasteiger partial charge < -0.3 is 15.2 Å². The maximum atomic E-state index is 12.0. The van der Waals surface area contributed by atoms with E-state index in [-0.39, 0.29) is 30.3 Å². The summed E-state index contributed by atoms with van der Waals surface area (Å²) in [6, 6.07) is 2.31. The highest BCUT2D eigenvalue weighted by molar-refractivity contribution is 5.92. The number of rotatable bonds is 8. The van der Waals surface area contributed by atoms with Gasteiger partial charge in [0.05, 0.1) is 13.2 Å². The van der Waals surface area contributed by atoms with Crippen molar-refractivity contribution in [3.05, 3.63) is 28.2 Å². The minimum Gasteiger partial charge on any atom is -0.481 e. The van der Waals surface area contributed by atoms with Gasteiger partial charge >= 0.3 is 5.97 Å². The minimum absolute atomic E-state index is 0.0256. The molecule has 0 saturated heterocycles. The Balaban J connectivity index is 2.69. The third kappa shape index (κ3) is 5.74. The summed E-state index contributed by atoms with van der Waals surface area (Å²) in [7, 11) is 1.51. The highest BCUT2D eigenvalue weighted by Gasteiger charge is 2.13. The van der Waals surface area contributed by atoms with Crippen molar-refractivity contribution in [3.8, 4) is 0 Å². The second-order valence-corrected chi connectivity index (χ2v) is 4.58. The fourth-order valence-electron chi connectivity index (χ4n) is 1.62. The topological polar surface area (TPSA) is 111 Å². The molecule has 0 saturated carbocycles. The summed E-state index contributed by atoms with van der Waals surface area (Å²) >= 11 is 0. The van der Waals surface area contributed by atoms with Gasteiger partial charge in [-0.15, -0.1) is 0 Å². The van der Waals surface area contributed by atoms with Crippen LogP contribution in [-0.4, -0.2) is 46.5 Å². The van der Waals surface area contributed by atoms with Crippen molar-refractivity contribution in [3.63, 3.8) is 0 Å². The van der Waals surface area contributed by atoms with E-state index >= 15 is 0 Å². The Labute approximate surface area is 121 Å². The van der Waals surface area contributed by atoms with Crippen molar-refractivity contribution in [1.29, 1.82) is 0 Å². The smallest absolute Gasteiger partial charge is 0.303 e. The van der Waals surface area contributed by atoms with Crippen molar-refractivity contribution in [1.82, 2.24) is 15.1 Å². The Morgan fingerprint density at radius 2 is 2.19 bits per heavy atom. The molecular weight excluding hydrogens is 278 g/mol. The van der Waals surface area contributed by atoms with Crippen LogP contribution in [0.1, 0.15) is 30.3 Å². The van der Waals surface area contributed by atoms with Crippen LogP contribution < -0.4 is 10.9 Å². The average Bonchev–Trinajstić information content (AvgIpc) is 2.44. The van der Waals surface area contributed by atoms with Gasteiger partial charge in [0.1, 0.15) is 5.69 Å². The zero-order valence-corrected chi connectivity index (χ0v) is 12.0. The lowest BCUT2D eigenvalue weighted by Gasteiger charge is -2.13. The van der Waals surface area contributed by atoms with E-state index in [0.29, 0.717) is 13.0 Å². The largest absolute Gasteiger partial charge is 0.481 e. The zero-order chi connectivity index (χ0) is 15.8. The van der Waals surface area contributed by atoms with Crippen molar-refractivity contribution in [2.75, 3.05) is 13.7 Å². The molecule has 0 aliphatic rings. The second-order valence-electron chi connectivity index (χ2n) is 4.58. The Morgan fingerprint density at radius 3 is 2.81 bits per heavy atom. The number of hydrogen-bond donors (Lipinski definition) is 2. The molecule has 1 heterocycles. The summed E-state index contributed by atoms with van der Waals surface area (Å²) in [6.07, 6.45) is 0.298. The first-order valence-electron chi connectivity index (χ1n) is 6.53. The molecule has 1 aromatic rings. The SMILES string of the molecule is COCCn1nc(C(=O)NC(C)CCC(=O)O)ccc1=O. The molecule has 0 aliphatic heterocycles. The van der Waals surface area contributed by atoms with Gasteiger partial charge in [0, 0.05) is 25.6 Å². The molecule has 0 bridgehead atoms. The number of hydrogen-bond acceptors (Lipinski definition) is 5. The van der Waals surface area contributed by atoms with Crippen LogP contribution in [0.2, 0.25) is 0 Å². The zero-order valence-electron chi connectivity index (χ0n) is 12.0. The van der Waals surface area contributed by atoms with Crippen LogP contribution in [0.4, 0.5) is 0 Å². The van der Waals surface area contributed by atoms with Crippen molar-refractivity contribution < 1.29 is 19.4 Å². The average molecular weight is 297 g/mol. The van der Waals surface area contributed by atoms with Crippen LogP contribution in [0.15, 0.2) is 16.9 Å². The molecule has 1 aromatic heterocycles. The maximum Gasteiger partial charge on any atom is 0.303 e. The van der Waals surface area contributed by atoms with E-state index in [4.69, 9.17) is 9.84 Å². The molecular formula is C13H19N3O5. The van der Waals surface area contributed by atoms with E-state index < -0.39 is 11.9 Å². The van der Waals surface area contributed by atoms with E-state index in [1.54, 1.807) is 6.92 Å². The van der Waals surface area contributed by atoms with E-state index in [9.17, 15) is 14.4 Å². The van der Waals surface area contributed by atoms with Crippen molar-refractivity contribution >= 4 is 11.9 Å². The predicted octanol–water partition coefficient (Wildman–Crippen LogP) is -0.127. The quantitative estimate of drug-likeness (QED) is 0.691. The molecule has 1 unspecified atom stereocenters. The molecule has 0 fully saturated rings. The third-order valence-corrected chi connectivity index (χ3v) is 2.78. The number of ether oxygens (including phenoxy) is 1. The standard InChI is InChI=1S/C13H19N3O5/c1-9(3-6-12(18)19)14-13(20)10-4-5-11(17)16(15-10)7-8-21-2/h4-5,9H,3,6-8H2,1-2H3,(H,14,20)(H,18,19). The summed E-state index contributed by atoms with van der Waals surface area (Å²) < 4.78 is 6.02. The van der Waals surface area contributed by atoms with E-state index in [1.165, 1.54) is 19.2 Å². The van der Waals surface area contributed by atoms with Gasteiger partial charge in [-0.3, -0.25) is 14.4 Å². The van der Waals surface area contributed by atoms with E-state index in [2.05, 4.69) is 10.4 Å². The summed E-state index contributed by atoms with van der Waals surface area (Å²) in [5, 5.41) is 15.2. The molecule has 2 N–H and O–H groups in total.